The van der Waals surface area contributed by atoms with E-state index in [2.05, 4.69) is 20.3 Å². The number of aryl methyl sites for hydroxylation is 1. The number of amidine groups is 1. The van der Waals surface area contributed by atoms with E-state index in [-0.39, 0.29) is 10.7 Å². The third-order valence-corrected chi connectivity index (χ3v) is 4.09. The molecular formula is C14H20ClN6O2+. The van der Waals surface area contributed by atoms with Crippen molar-refractivity contribution in [1.29, 1.82) is 0 Å². The number of piperazine rings is 1. The van der Waals surface area contributed by atoms with E-state index in [1.807, 2.05) is 0 Å². The Morgan fingerprint density at radius 2 is 2.39 bits per heavy atom. The molecule has 0 atom stereocenters. The first-order valence-electron chi connectivity index (χ1n) is 7.42. The molecule has 0 radical (unpaired) electrons. The van der Waals surface area contributed by atoms with Gasteiger partial charge in [-0.1, -0.05) is 11.6 Å². The zero-order chi connectivity index (χ0) is 16.4. The van der Waals surface area contributed by atoms with Crippen LogP contribution in [0.15, 0.2) is 22.6 Å². The van der Waals surface area contributed by atoms with Crippen LogP contribution in [-0.4, -0.2) is 59.4 Å². The SMILES string of the molecule is Cn1nc(Cl)cc([NH+]=C(N)/C=C2/CN(C3COC3)CCN2)c1=O. The predicted octanol–water partition coefficient (Wildman–Crippen LogP) is -2.31. The van der Waals surface area contributed by atoms with Crippen LogP contribution in [0.2, 0.25) is 5.15 Å². The summed E-state index contributed by atoms with van der Waals surface area (Å²) in [5, 5.41) is 7.38. The molecule has 0 saturated carbocycles. The number of nitrogens with zero attached hydrogens (tertiary/aromatic N) is 3. The highest BCUT2D eigenvalue weighted by molar-refractivity contribution is 6.29. The molecule has 4 N–H and O–H groups in total. The lowest BCUT2D eigenvalue weighted by Crippen LogP contribution is -2.71. The van der Waals surface area contributed by atoms with Crippen molar-refractivity contribution < 1.29 is 9.73 Å². The Bertz CT molecular complexity index is 710. The van der Waals surface area contributed by atoms with Gasteiger partial charge >= 0.3 is 5.56 Å². The molecule has 2 fully saturated rings. The molecule has 124 valence electrons. The van der Waals surface area contributed by atoms with Gasteiger partial charge in [0.25, 0.3) is 5.84 Å². The van der Waals surface area contributed by atoms with E-state index >= 15 is 0 Å². The van der Waals surface area contributed by atoms with Crippen molar-refractivity contribution in [2.24, 2.45) is 12.8 Å². The van der Waals surface area contributed by atoms with Crippen molar-refractivity contribution in [2.45, 2.75) is 6.04 Å². The van der Waals surface area contributed by atoms with E-state index in [0.717, 1.165) is 38.5 Å². The third-order valence-electron chi connectivity index (χ3n) is 3.90. The van der Waals surface area contributed by atoms with Gasteiger partial charge in [-0.15, -0.1) is 0 Å². The standard InChI is InChI=1S/C14H19ClN6O2/c1-20-14(22)11(5-12(15)19-20)18-13(16)4-9-6-21(3-2-17-9)10-7-23-8-10/h4-5,10,17H,2-3,6-8H2,1H3,(H2,16,18)/p+1/b9-4-. The minimum absolute atomic E-state index is 0.224. The average molecular weight is 340 g/mol. The first kappa shape index (κ1) is 16.0. The molecule has 3 rings (SSSR count). The van der Waals surface area contributed by atoms with Gasteiger partial charge in [0.15, 0.2) is 10.8 Å². The molecule has 8 nitrogen and oxygen atoms in total. The molecule has 0 aliphatic carbocycles. The summed E-state index contributed by atoms with van der Waals surface area (Å²) in [5.41, 5.74) is 7.02. The molecule has 0 aromatic carbocycles. The number of halogens is 1. The van der Waals surface area contributed by atoms with Crippen molar-refractivity contribution in [3.63, 3.8) is 0 Å². The van der Waals surface area contributed by atoms with Gasteiger partial charge < -0.3 is 10.1 Å². The molecule has 2 saturated heterocycles. The number of hydrogen-bond donors (Lipinski definition) is 3. The summed E-state index contributed by atoms with van der Waals surface area (Å²) in [7, 11) is 1.54. The summed E-state index contributed by atoms with van der Waals surface area (Å²) in [4.78, 5) is 17.2. The largest absolute Gasteiger partial charge is 0.386 e. The highest BCUT2D eigenvalue weighted by atomic mass is 35.5. The Labute approximate surface area is 138 Å². The Morgan fingerprint density at radius 3 is 3.09 bits per heavy atom. The average Bonchev–Trinajstić information content (AvgIpc) is 2.42. The topological polar surface area (TPSA) is 99.4 Å². The molecule has 1 aromatic rings. The van der Waals surface area contributed by atoms with E-state index in [1.165, 1.54) is 17.8 Å². The van der Waals surface area contributed by atoms with E-state index < -0.39 is 0 Å². The highest BCUT2D eigenvalue weighted by Crippen LogP contribution is 2.13. The number of nitrogens with one attached hydrogen (secondary N) is 2. The second kappa shape index (κ2) is 6.69. The van der Waals surface area contributed by atoms with Crippen molar-refractivity contribution in [1.82, 2.24) is 20.0 Å². The Balaban J connectivity index is 1.77. The monoisotopic (exact) mass is 339 g/mol. The van der Waals surface area contributed by atoms with Crippen LogP contribution in [0.1, 0.15) is 0 Å². The number of ether oxygens (including phenoxy) is 1. The van der Waals surface area contributed by atoms with Gasteiger partial charge in [-0.25, -0.2) is 9.67 Å². The number of rotatable bonds is 3. The van der Waals surface area contributed by atoms with Crippen LogP contribution in [0.25, 0.3) is 0 Å². The summed E-state index contributed by atoms with van der Waals surface area (Å²) >= 11 is 5.87. The van der Waals surface area contributed by atoms with Crippen molar-refractivity contribution in [3.8, 4) is 0 Å². The lowest BCUT2D eigenvalue weighted by molar-refractivity contribution is -0.355. The van der Waals surface area contributed by atoms with Crippen molar-refractivity contribution >= 4 is 23.1 Å². The van der Waals surface area contributed by atoms with Crippen LogP contribution in [0.4, 0.5) is 5.69 Å². The maximum absolute atomic E-state index is 12.0. The molecule has 3 heterocycles. The number of aromatic nitrogens is 2. The van der Waals surface area contributed by atoms with Crippen molar-refractivity contribution in [3.05, 3.63) is 33.3 Å². The Kier molecular flexibility index (Phi) is 4.65. The smallest absolute Gasteiger partial charge is 0.313 e. The number of hydrogen-bond acceptors (Lipinski definition) is 5. The van der Waals surface area contributed by atoms with E-state index in [9.17, 15) is 4.79 Å². The molecule has 9 heteroatoms. The molecule has 23 heavy (non-hydrogen) atoms. The lowest BCUT2D eigenvalue weighted by Gasteiger charge is -2.40. The molecule has 2 aliphatic rings. The quantitative estimate of drug-likeness (QED) is 0.423. The van der Waals surface area contributed by atoms with Gasteiger partial charge in [0.05, 0.1) is 19.3 Å². The zero-order valence-electron chi connectivity index (χ0n) is 12.9. The second-order valence-corrected chi connectivity index (χ2v) is 6.04. The van der Waals surface area contributed by atoms with E-state index in [1.54, 1.807) is 6.08 Å². The fourth-order valence-electron chi connectivity index (χ4n) is 2.60. The van der Waals surface area contributed by atoms with Gasteiger partial charge in [-0.3, -0.25) is 15.4 Å². The van der Waals surface area contributed by atoms with Gasteiger partial charge in [0.2, 0.25) is 0 Å². The molecule has 0 spiro atoms. The molecule has 0 bridgehead atoms. The second-order valence-electron chi connectivity index (χ2n) is 5.65. The first-order valence-corrected chi connectivity index (χ1v) is 7.80. The summed E-state index contributed by atoms with van der Waals surface area (Å²) in [6, 6.07) is 1.95. The zero-order valence-corrected chi connectivity index (χ0v) is 13.6. The normalized spacial score (nSPS) is 22.0. The van der Waals surface area contributed by atoms with Crippen molar-refractivity contribution in [2.75, 3.05) is 32.8 Å². The first-order chi connectivity index (χ1) is 11.0. The Morgan fingerprint density at radius 1 is 1.61 bits per heavy atom. The van der Waals surface area contributed by atoms with Crippen LogP contribution < -0.4 is 21.6 Å². The fraction of sp³-hybridized carbons (Fsp3) is 0.500. The summed E-state index contributed by atoms with van der Waals surface area (Å²) in [5.74, 6) is 0.374. The van der Waals surface area contributed by atoms with Crippen LogP contribution in [-0.2, 0) is 11.8 Å². The third kappa shape index (κ3) is 3.72. The minimum Gasteiger partial charge on any atom is -0.386 e. The van der Waals surface area contributed by atoms with Crippen LogP contribution in [0.3, 0.4) is 0 Å². The maximum Gasteiger partial charge on any atom is 0.313 e. The summed E-state index contributed by atoms with van der Waals surface area (Å²) in [6.07, 6.45) is 1.81. The molecule has 0 unspecified atom stereocenters. The predicted molar refractivity (Wildman–Crippen MR) is 86.6 cm³/mol. The van der Waals surface area contributed by atoms with Crippen LogP contribution in [0, 0.1) is 0 Å². The molecule has 1 aromatic heterocycles. The van der Waals surface area contributed by atoms with E-state index in [0.29, 0.717) is 17.6 Å². The van der Waals surface area contributed by atoms with Gasteiger partial charge in [-0.05, 0) is 0 Å². The Hall–Kier alpha value is -1.90. The van der Waals surface area contributed by atoms with Crippen LogP contribution >= 0.6 is 11.6 Å². The summed E-state index contributed by atoms with van der Waals surface area (Å²) in [6.45, 7) is 4.20. The van der Waals surface area contributed by atoms with Gasteiger partial charge in [0.1, 0.15) is 0 Å². The lowest BCUT2D eigenvalue weighted by atomic mass is 10.1. The number of nitrogens with two attached hydrogens (primary N) is 1. The molecular weight excluding hydrogens is 320 g/mol. The van der Waals surface area contributed by atoms with Gasteiger partial charge in [0, 0.05) is 44.5 Å². The minimum atomic E-state index is -0.291. The fourth-order valence-corrected chi connectivity index (χ4v) is 2.82. The van der Waals surface area contributed by atoms with E-state index in [4.69, 9.17) is 22.1 Å². The van der Waals surface area contributed by atoms with Crippen LogP contribution in [0.5, 0.6) is 0 Å². The van der Waals surface area contributed by atoms with Gasteiger partial charge in [-0.2, -0.15) is 5.10 Å². The molecule has 0 amide bonds. The molecule has 2 aliphatic heterocycles. The summed E-state index contributed by atoms with van der Waals surface area (Å²) < 4.78 is 6.41. The maximum atomic E-state index is 12.0. The highest BCUT2D eigenvalue weighted by Gasteiger charge is 2.28.